The van der Waals surface area contributed by atoms with E-state index in [1.165, 1.54) is 4.90 Å². The van der Waals surface area contributed by atoms with Gasteiger partial charge in [-0.05, 0) is 27.8 Å². The van der Waals surface area contributed by atoms with Crippen LogP contribution in [0.1, 0.15) is 33.7 Å². The zero-order valence-electron chi connectivity index (χ0n) is 16.6. The fraction of sp³-hybridized carbons (Fsp3) is 0.192. The molecule has 3 aromatic rings. The lowest BCUT2D eigenvalue weighted by Crippen LogP contribution is -2.57. The molecule has 3 aliphatic carbocycles. The Labute approximate surface area is 178 Å². The Balaban J connectivity index is 1.61. The minimum Gasteiger partial charge on any atom is -0.480 e. The summed E-state index contributed by atoms with van der Waals surface area (Å²) in [5.41, 5.74) is 2.23. The standard InChI is InChI=1S/C26H19NO4/c28-23-21-20-16-10-4-6-12-18(16)26(25(30)31,19-13-7-5-11-17(19)20)22(21)24(29)27(23)14-15-8-2-1-3-9-15/h1-13,20-22H,14H2,(H,30,31)/t20?,21-,22?,26?/m1/s1. The molecule has 5 heteroatoms. The van der Waals surface area contributed by atoms with E-state index < -0.39 is 29.1 Å². The number of rotatable bonds is 3. The van der Waals surface area contributed by atoms with Gasteiger partial charge in [0.2, 0.25) is 11.8 Å². The molecule has 1 N–H and O–H groups in total. The molecule has 0 radical (unpaired) electrons. The van der Waals surface area contributed by atoms with Crippen molar-refractivity contribution in [3.63, 3.8) is 0 Å². The minimum atomic E-state index is -1.56. The van der Waals surface area contributed by atoms with Gasteiger partial charge >= 0.3 is 5.97 Å². The average Bonchev–Trinajstić information content (AvgIpc) is 3.05. The summed E-state index contributed by atoms with van der Waals surface area (Å²) < 4.78 is 0. The molecule has 7 rings (SSSR count). The van der Waals surface area contributed by atoms with Crippen LogP contribution in [0.5, 0.6) is 0 Å². The number of carbonyl (C=O) groups excluding carboxylic acids is 2. The van der Waals surface area contributed by atoms with E-state index in [1.807, 2.05) is 66.7 Å². The maximum atomic E-state index is 13.7. The van der Waals surface area contributed by atoms with E-state index in [9.17, 15) is 19.5 Å². The Morgan fingerprint density at radius 3 is 1.94 bits per heavy atom. The Morgan fingerprint density at radius 2 is 1.35 bits per heavy atom. The molecule has 1 saturated heterocycles. The number of hydrogen-bond donors (Lipinski definition) is 1. The number of carboxylic acids is 1. The molecule has 0 saturated carbocycles. The van der Waals surface area contributed by atoms with E-state index >= 15 is 0 Å². The third-order valence-corrected chi connectivity index (χ3v) is 7.23. The van der Waals surface area contributed by atoms with Gasteiger partial charge in [-0.1, -0.05) is 78.9 Å². The van der Waals surface area contributed by atoms with Gasteiger partial charge in [-0.25, -0.2) is 0 Å². The number of hydrogen-bond acceptors (Lipinski definition) is 3. The molecule has 2 atom stereocenters. The summed E-state index contributed by atoms with van der Waals surface area (Å²) in [7, 11) is 0. The van der Waals surface area contributed by atoms with Gasteiger partial charge in [-0.2, -0.15) is 0 Å². The molecule has 31 heavy (non-hydrogen) atoms. The summed E-state index contributed by atoms with van der Waals surface area (Å²) in [5.74, 6) is -3.74. The number of imide groups is 1. The molecule has 1 fully saturated rings. The molecular weight excluding hydrogens is 390 g/mol. The zero-order valence-corrected chi connectivity index (χ0v) is 16.6. The molecule has 1 heterocycles. The van der Waals surface area contributed by atoms with Crippen LogP contribution in [0.25, 0.3) is 0 Å². The second kappa shape index (κ2) is 6.14. The van der Waals surface area contributed by atoms with Gasteiger partial charge < -0.3 is 5.11 Å². The summed E-state index contributed by atoms with van der Waals surface area (Å²) in [6, 6.07) is 24.1. The quantitative estimate of drug-likeness (QED) is 0.674. The van der Waals surface area contributed by atoms with Crippen molar-refractivity contribution in [3.8, 4) is 0 Å². The molecule has 4 aliphatic rings. The maximum absolute atomic E-state index is 13.7. The number of likely N-dealkylation sites (tertiary alicyclic amines) is 1. The zero-order chi connectivity index (χ0) is 21.3. The molecule has 2 amide bonds. The van der Waals surface area contributed by atoms with Crippen molar-refractivity contribution in [2.24, 2.45) is 11.8 Å². The smallest absolute Gasteiger partial charge is 0.319 e. The maximum Gasteiger partial charge on any atom is 0.319 e. The summed E-state index contributed by atoms with van der Waals surface area (Å²) in [6.45, 7) is 0.153. The molecule has 0 aromatic heterocycles. The third-order valence-electron chi connectivity index (χ3n) is 7.23. The highest BCUT2D eigenvalue weighted by Gasteiger charge is 2.71. The van der Waals surface area contributed by atoms with Crippen LogP contribution in [-0.4, -0.2) is 27.8 Å². The Morgan fingerprint density at radius 1 is 0.806 bits per heavy atom. The van der Waals surface area contributed by atoms with Crippen molar-refractivity contribution < 1.29 is 19.5 Å². The van der Waals surface area contributed by atoms with E-state index in [-0.39, 0.29) is 18.4 Å². The highest BCUT2D eigenvalue weighted by Crippen LogP contribution is 2.64. The first-order chi connectivity index (χ1) is 15.1. The first-order valence-corrected chi connectivity index (χ1v) is 10.4. The highest BCUT2D eigenvalue weighted by atomic mass is 16.4. The van der Waals surface area contributed by atoms with Crippen molar-refractivity contribution in [3.05, 3.63) is 107 Å². The number of carbonyl (C=O) groups is 3. The van der Waals surface area contributed by atoms with Gasteiger partial charge in [-0.3, -0.25) is 19.3 Å². The molecule has 1 aliphatic heterocycles. The number of carboxylic acid groups (broad SMARTS) is 1. The summed E-state index contributed by atoms with van der Waals surface area (Å²) in [4.78, 5) is 41.7. The van der Waals surface area contributed by atoms with E-state index in [2.05, 4.69) is 0 Å². The summed E-state index contributed by atoms with van der Waals surface area (Å²) in [6.07, 6.45) is 0. The summed E-state index contributed by atoms with van der Waals surface area (Å²) in [5, 5.41) is 10.7. The van der Waals surface area contributed by atoms with Crippen LogP contribution >= 0.6 is 0 Å². The second-order valence-electron chi connectivity index (χ2n) is 8.52. The Hall–Kier alpha value is -3.73. The van der Waals surface area contributed by atoms with E-state index in [1.54, 1.807) is 12.1 Å². The lowest BCUT2D eigenvalue weighted by molar-refractivity contribution is -0.150. The van der Waals surface area contributed by atoms with Gasteiger partial charge in [0.05, 0.1) is 18.4 Å². The van der Waals surface area contributed by atoms with Gasteiger partial charge in [0, 0.05) is 5.92 Å². The normalized spacial score (nSPS) is 27.6. The monoisotopic (exact) mass is 409 g/mol. The van der Waals surface area contributed by atoms with Crippen LogP contribution in [0.15, 0.2) is 78.9 Å². The number of amides is 2. The van der Waals surface area contributed by atoms with Crippen LogP contribution in [0.3, 0.4) is 0 Å². The van der Waals surface area contributed by atoms with Crippen molar-refractivity contribution >= 4 is 17.8 Å². The number of aliphatic carboxylic acids is 1. The van der Waals surface area contributed by atoms with E-state index in [0.717, 1.165) is 16.7 Å². The molecule has 2 bridgehead atoms. The first kappa shape index (κ1) is 18.1. The van der Waals surface area contributed by atoms with E-state index in [4.69, 9.17) is 0 Å². The van der Waals surface area contributed by atoms with Crippen molar-refractivity contribution in [1.29, 1.82) is 0 Å². The van der Waals surface area contributed by atoms with Crippen LogP contribution in [-0.2, 0) is 26.3 Å². The Kier molecular flexibility index (Phi) is 3.58. The van der Waals surface area contributed by atoms with Crippen LogP contribution in [0.4, 0.5) is 0 Å². The molecule has 152 valence electrons. The Bertz CT molecular complexity index is 1220. The van der Waals surface area contributed by atoms with Gasteiger partial charge in [-0.15, -0.1) is 0 Å². The predicted octanol–water partition coefficient (Wildman–Crippen LogP) is 3.32. The predicted molar refractivity (Wildman–Crippen MR) is 112 cm³/mol. The average molecular weight is 409 g/mol. The van der Waals surface area contributed by atoms with Crippen LogP contribution < -0.4 is 0 Å². The fourth-order valence-electron chi connectivity index (χ4n) is 6.12. The van der Waals surface area contributed by atoms with Crippen molar-refractivity contribution in [2.75, 3.05) is 0 Å². The minimum absolute atomic E-state index is 0.153. The lowest BCUT2D eigenvalue weighted by Gasteiger charge is -2.51. The fourth-order valence-corrected chi connectivity index (χ4v) is 6.12. The molecule has 0 spiro atoms. The summed E-state index contributed by atoms with van der Waals surface area (Å²) >= 11 is 0. The highest BCUT2D eigenvalue weighted by molar-refractivity contribution is 6.12. The van der Waals surface area contributed by atoms with Gasteiger partial charge in [0.25, 0.3) is 0 Å². The first-order valence-electron chi connectivity index (χ1n) is 10.4. The number of nitrogens with zero attached hydrogens (tertiary/aromatic N) is 1. The van der Waals surface area contributed by atoms with Gasteiger partial charge in [0.1, 0.15) is 5.41 Å². The van der Waals surface area contributed by atoms with Crippen molar-refractivity contribution in [2.45, 2.75) is 17.9 Å². The van der Waals surface area contributed by atoms with Crippen LogP contribution in [0, 0.1) is 11.8 Å². The molecule has 1 unspecified atom stereocenters. The number of benzene rings is 3. The topological polar surface area (TPSA) is 74.7 Å². The molecule has 5 nitrogen and oxygen atoms in total. The van der Waals surface area contributed by atoms with Gasteiger partial charge in [0.15, 0.2) is 0 Å². The molecular formula is C26H19NO4. The second-order valence-corrected chi connectivity index (χ2v) is 8.52. The lowest BCUT2D eigenvalue weighted by atomic mass is 9.47. The molecule has 3 aromatic carbocycles. The SMILES string of the molecule is O=C1C2[C@H](C(=O)N1Cc1ccccc1)C1c3ccccc3C2(C(=O)O)c2ccccc21. The largest absolute Gasteiger partial charge is 0.480 e. The van der Waals surface area contributed by atoms with Crippen molar-refractivity contribution in [1.82, 2.24) is 4.90 Å². The van der Waals surface area contributed by atoms with E-state index in [0.29, 0.717) is 11.1 Å². The van der Waals surface area contributed by atoms with Crippen LogP contribution in [0.2, 0.25) is 0 Å². The third kappa shape index (κ3) is 2.08.